The zero-order valence-electron chi connectivity index (χ0n) is 10.6. The van der Waals surface area contributed by atoms with Gasteiger partial charge in [0.2, 0.25) is 0 Å². The molecule has 0 aliphatic carbocycles. The number of likely N-dealkylation sites (N-methyl/N-ethyl adjacent to an activating group) is 1. The lowest BCUT2D eigenvalue weighted by Crippen LogP contribution is -2.29. The Hall–Kier alpha value is -1.04. The molecule has 0 amide bonds. The molecule has 0 aliphatic rings. The fourth-order valence-electron chi connectivity index (χ4n) is 1.82. The summed E-state index contributed by atoms with van der Waals surface area (Å²) in [6.45, 7) is 2.70. The molecule has 3 nitrogen and oxygen atoms in total. The fraction of sp³-hybridized carbons (Fsp3) is 0.538. The fourth-order valence-corrected chi connectivity index (χ4v) is 1.82. The average molecular weight is 259 g/mol. The van der Waals surface area contributed by atoms with Crippen molar-refractivity contribution in [2.45, 2.75) is 25.6 Å². The highest BCUT2D eigenvalue weighted by molar-refractivity contribution is 5.20. The minimum atomic E-state index is -0.911. The summed E-state index contributed by atoms with van der Waals surface area (Å²) in [4.78, 5) is 1.85. The van der Waals surface area contributed by atoms with Crippen molar-refractivity contribution in [2.75, 3.05) is 20.1 Å². The minimum Gasteiger partial charge on any atom is -0.392 e. The molecule has 2 N–H and O–H groups in total. The molecular formula is C13H19F2NO2. The molecule has 18 heavy (non-hydrogen) atoms. The van der Waals surface area contributed by atoms with Crippen LogP contribution in [0.15, 0.2) is 18.2 Å². The van der Waals surface area contributed by atoms with Gasteiger partial charge in [0.1, 0.15) is 11.6 Å². The van der Waals surface area contributed by atoms with Crippen molar-refractivity contribution < 1.29 is 19.0 Å². The Morgan fingerprint density at radius 3 is 2.22 bits per heavy atom. The Bertz CT molecular complexity index is 365. The molecule has 0 saturated heterocycles. The lowest BCUT2D eigenvalue weighted by Gasteiger charge is -2.20. The molecule has 1 rings (SSSR count). The van der Waals surface area contributed by atoms with Gasteiger partial charge in [0.05, 0.1) is 12.2 Å². The van der Waals surface area contributed by atoms with Gasteiger partial charge in [0.15, 0.2) is 0 Å². The Balaban J connectivity index is 2.52. The van der Waals surface area contributed by atoms with Crippen LogP contribution in [0, 0.1) is 11.6 Å². The summed E-state index contributed by atoms with van der Waals surface area (Å²) in [5.41, 5.74) is 0.234. The highest BCUT2D eigenvalue weighted by Gasteiger charge is 2.12. The number of aliphatic hydroxyl groups is 2. The van der Waals surface area contributed by atoms with E-state index in [1.165, 1.54) is 0 Å². The second-order valence-corrected chi connectivity index (χ2v) is 4.62. The molecule has 0 spiro atoms. The van der Waals surface area contributed by atoms with Crippen LogP contribution in [0.4, 0.5) is 8.78 Å². The molecule has 1 aromatic carbocycles. The third kappa shape index (κ3) is 5.08. The van der Waals surface area contributed by atoms with Crippen LogP contribution in [-0.4, -0.2) is 41.4 Å². The van der Waals surface area contributed by atoms with Crippen LogP contribution in [0.2, 0.25) is 0 Å². The van der Waals surface area contributed by atoms with Crippen LogP contribution >= 0.6 is 0 Å². The number of rotatable bonds is 6. The van der Waals surface area contributed by atoms with Gasteiger partial charge in [-0.15, -0.1) is 0 Å². The maximum absolute atomic E-state index is 13.0. The smallest absolute Gasteiger partial charge is 0.126 e. The van der Waals surface area contributed by atoms with E-state index in [4.69, 9.17) is 0 Å². The summed E-state index contributed by atoms with van der Waals surface area (Å²) in [7, 11) is 1.81. The first-order valence-corrected chi connectivity index (χ1v) is 5.89. The third-order valence-electron chi connectivity index (χ3n) is 2.63. The summed E-state index contributed by atoms with van der Waals surface area (Å²) >= 11 is 0. The van der Waals surface area contributed by atoms with Crippen LogP contribution in [0.1, 0.15) is 25.0 Å². The van der Waals surface area contributed by atoms with E-state index in [-0.39, 0.29) is 5.56 Å². The molecule has 0 aliphatic heterocycles. The second-order valence-electron chi connectivity index (χ2n) is 4.62. The van der Waals surface area contributed by atoms with Crippen LogP contribution in [0.5, 0.6) is 0 Å². The SMILES string of the molecule is CC(O)CN(C)CCC(O)c1cc(F)cc(F)c1. The summed E-state index contributed by atoms with van der Waals surface area (Å²) in [6, 6.07) is 3.03. The minimum absolute atomic E-state index is 0.234. The number of nitrogens with zero attached hydrogens (tertiary/aromatic N) is 1. The first-order valence-electron chi connectivity index (χ1n) is 5.89. The standard InChI is InChI=1S/C13H19F2NO2/c1-9(17)8-16(2)4-3-13(18)10-5-11(14)7-12(15)6-10/h5-7,9,13,17-18H,3-4,8H2,1-2H3. The van der Waals surface area contributed by atoms with E-state index in [1.54, 1.807) is 6.92 Å². The van der Waals surface area contributed by atoms with Crippen molar-refractivity contribution >= 4 is 0 Å². The van der Waals surface area contributed by atoms with Crippen molar-refractivity contribution in [2.24, 2.45) is 0 Å². The second kappa shape index (κ2) is 6.78. The topological polar surface area (TPSA) is 43.7 Å². The average Bonchev–Trinajstić information content (AvgIpc) is 2.23. The van der Waals surface area contributed by atoms with E-state index in [2.05, 4.69) is 0 Å². The molecule has 0 aromatic heterocycles. The molecule has 2 atom stereocenters. The van der Waals surface area contributed by atoms with Gasteiger partial charge in [-0.25, -0.2) is 8.78 Å². The van der Waals surface area contributed by atoms with E-state index in [1.807, 2.05) is 11.9 Å². The zero-order valence-corrected chi connectivity index (χ0v) is 10.6. The van der Waals surface area contributed by atoms with Crippen molar-refractivity contribution in [3.63, 3.8) is 0 Å². The van der Waals surface area contributed by atoms with E-state index in [0.717, 1.165) is 18.2 Å². The number of halogens is 2. The van der Waals surface area contributed by atoms with Gasteiger partial charge in [-0.05, 0) is 38.1 Å². The predicted molar refractivity (Wildman–Crippen MR) is 65.1 cm³/mol. The largest absolute Gasteiger partial charge is 0.392 e. The maximum atomic E-state index is 13.0. The first-order chi connectivity index (χ1) is 8.38. The monoisotopic (exact) mass is 259 g/mol. The molecule has 0 radical (unpaired) electrons. The zero-order chi connectivity index (χ0) is 13.7. The number of aliphatic hydroxyl groups excluding tert-OH is 2. The number of hydrogen-bond donors (Lipinski definition) is 2. The van der Waals surface area contributed by atoms with Crippen LogP contribution in [-0.2, 0) is 0 Å². The summed E-state index contributed by atoms with van der Waals surface area (Å²) in [5, 5.41) is 19.0. The summed E-state index contributed by atoms with van der Waals surface area (Å²) in [5.74, 6) is -1.39. The van der Waals surface area contributed by atoms with E-state index in [9.17, 15) is 19.0 Å². The summed E-state index contributed by atoms with van der Waals surface area (Å²) in [6.07, 6.45) is -1.00. The maximum Gasteiger partial charge on any atom is 0.126 e. The van der Waals surface area contributed by atoms with Crippen LogP contribution < -0.4 is 0 Å². The molecule has 102 valence electrons. The van der Waals surface area contributed by atoms with E-state index >= 15 is 0 Å². The molecule has 2 unspecified atom stereocenters. The van der Waals surface area contributed by atoms with Gasteiger partial charge in [-0.2, -0.15) is 0 Å². The Kier molecular flexibility index (Phi) is 5.65. The number of benzene rings is 1. The molecule has 0 heterocycles. The molecule has 0 bridgehead atoms. The lowest BCUT2D eigenvalue weighted by atomic mass is 10.1. The highest BCUT2D eigenvalue weighted by Crippen LogP contribution is 2.19. The Morgan fingerprint density at radius 1 is 1.17 bits per heavy atom. The van der Waals surface area contributed by atoms with Crippen LogP contribution in [0.25, 0.3) is 0 Å². The van der Waals surface area contributed by atoms with Crippen molar-refractivity contribution in [3.8, 4) is 0 Å². The highest BCUT2D eigenvalue weighted by atomic mass is 19.1. The van der Waals surface area contributed by atoms with Crippen LogP contribution in [0.3, 0.4) is 0 Å². The first kappa shape index (κ1) is 15.0. The van der Waals surface area contributed by atoms with Crippen molar-refractivity contribution in [1.29, 1.82) is 0 Å². The van der Waals surface area contributed by atoms with Crippen molar-refractivity contribution in [3.05, 3.63) is 35.4 Å². The van der Waals surface area contributed by atoms with Gasteiger partial charge in [-0.3, -0.25) is 0 Å². The predicted octanol–water partition coefficient (Wildman–Crippen LogP) is 1.70. The van der Waals surface area contributed by atoms with Gasteiger partial charge < -0.3 is 15.1 Å². The summed E-state index contributed by atoms with van der Waals surface area (Å²) < 4.78 is 25.9. The Labute approximate surface area is 106 Å². The Morgan fingerprint density at radius 2 is 1.72 bits per heavy atom. The molecule has 5 heteroatoms. The number of hydrogen-bond acceptors (Lipinski definition) is 3. The molecule has 0 fully saturated rings. The van der Waals surface area contributed by atoms with E-state index in [0.29, 0.717) is 19.5 Å². The molecule has 0 saturated carbocycles. The third-order valence-corrected chi connectivity index (χ3v) is 2.63. The van der Waals surface area contributed by atoms with Crippen molar-refractivity contribution in [1.82, 2.24) is 4.90 Å². The quantitative estimate of drug-likeness (QED) is 0.817. The van der Waals surface area contributed by atoms with Gasteiger partial charge in [-0.1, -0.05) is 0 Å². The molecule has 1 aromatic rings. The van der Waals surface area contributed by atoms with E-state index < -0.39 is 23.8 Å². The normalized spacial score (nSPS) is 14.8. The van der Waals surface area contributed by atoms with Gasteiger partial charge in [0, 0.05) is 19.2 Å². The van der Waals surface area contributed by atoms with Gasteiger partial charge >= 0.3 is 0 Å². The lowest BCUT2D eigenvalue weighted by molar-refractivity contribution is 0.115. The molecular weight excluding hydrogens is 240 g/mol. The van der Waals surface area contributed by atoms with Gasteiger partial charge in [0.25, 0.3) is 0 Å².